The standard InChI is InChI=1S/C27H23ClN6O3S/c1-2-11-38(35,36)33-18-5-7-21(23(28)12-18)26-22(14-29)20-8-6-19(13-25(20)34(26)16-17-3-4-17)37-27-24(15-30)31-9-10-32-27/h5-10,12-13,17,33H,2-4,11,16H2,1H3. The molecule has 2 aromatic carbocycles. The van der Waals surface area contributed by atoms with Crippen LogP contribution in [0.3, 0.4) is 0 Å². The Morgan fingerprint density at radius 3 is 2.61 bits per heavy atom. The average Bonchev–Trinajstić information content (AvgIpc) is 3.66. The Morgan fingerprint density at radius 1 is 1.13 bits per heavy atom. The largest absolute Gasteiger partial charge is 0.436 e. The van der Waals surface area contributed by atoms with Gasteiger partial charge in [-0.05, 0) is 55.5 Å². The summed E-state index contributed by atoms with van der Waals surface area (Å²) in [7, 11) is -3.47. The van der Waals surface area contributed by atoms with E-state index in [0.29, 0.717) is 52.2 Å². The van der Waals surface area contributed by atoms with Crippen LogP contribution in [0.4, 0.5) is 5.69 Å². The zero-order chi connectivity index (χ0) is 26.9. The van der Waals surface area contributed by atoms with E-state index >= 15 is 0 Å². The van der Waals surface area contributed by atoms with Crippen molar-refractivity contribution in [2.24, 2.45) is 5.92 Å². The van der Waals surface area contributed by atoms with Crippen LogP contribution < -0.4 is 9.46 Å². The van der Waals surface area contributed by atoms with Gasteiger partial charge in [-0.3, -0.25) is 4.72 Å². The molecule has 11 heteroatoms. The molecule has 1 aliphatic rings. The van der Waals surface area contributed by atoms with Gasteiger partial charge >= 0.3 is 0 Å². The monoisotopic (exact) mass is 546 g/mol. The van der Waals surface area contributed by atoms with E-state index in [9.17, 15) is 18.9 Å². The lowest BCUT2D eigenvalue weighted by Gasteiger charge is -2.14. The van der Waals surface area contributed by atoms with Gasteiger partial charge in [-0.15, -0.1) is 0 Å². The number of sulfonamides is 1. The lowest BCUT2D eigenvalue weighted by atomic mass is 10.1. The highest BCUT2D eigenvalue weighted by molar-refractivity contribution is 7.92. The Kier molecular flexibility index (Phi) is 6.94. The molecule has 9 nitrogen and oxygen atoms in total. The molecule has 0 aliphatic heterocycles. The third kappa shape index (κ3) is 5.14. The summed E-state index contributed by atoms with van der Waals surface area (Å²) < 4.78 is 35.0. The van der Waals surface area contributed by atoms with Crippen LogP contribution in [0.25, 0.3) is 22.2 Å². The number of nitrogens with zero attached hydrogens (tertiary/aromatic N) is 5. The first kappa shape index (κ1) is 25.5. The van der Waals surface area contributed by atoms with Crippen LogP contribution >= 0.6 is 11.6 Å². The van der Waals surface area contributed by atoms with E-state index in [2.05, 4.69) is 25.3 Å². The Labute approximate surface area is 225 Å². The van der Waals surface area contributed by atoms with Gasteiger partial charge in [0.25, 0.3) is 5.88 Å². The minimum atomic E-state index is -3.47. The predicted molar refractivity (Wildman–Crippen MR) is 144 cm³/mol. The quantitative estimate of drug-likeness (QED) is 0.278. The molecule has 0 bridgehead atoms. The summed E-state index contributed by atoms with van der Waals surface area (Å²) in [6, 6.07) is 14.6. The number of nitriles is 2. The summed E-state index contributed by atoms with van der Waals surface area (Å²) in [4.78, 5) is 8.10. The molecular formula is C27H23ClN6O3S. The van der Waals surface area contributed by atoms with Crippen molar-refractivity contribution in [2.75, 3.05) is 10.5 Å². The number of fused-ring (bicyclic) bond motifs is 1. The zero-order valence-corrected chi connectivity index (χ0v) is 22.1. The molecule has 4 aromatic rings. The van der Waals surface area contributed by atoms with Crippen LogP contribution in [0.5, 0.6) is 11.6 Å². The molecule has 0 unspecified atom stereocenters. The first-order chi connectivity index (χ1) is 18.3. The van der Waals surface area contributed by atoms with E-state index < -0.39 is 10.0 Å². The number of aromatic nitrogens is 3. The van der Waals surface area contributed by atoms with Crippen LogP contribution in [0.2, 0.25) is 5.02 Å². The topological polar surface area (TPSA) is 134 Å². The van der Waals surface area contributed by atoms with Crippen molar-refractivity contribution in [2.45, 2.75) is 32.7 Å². The van der Waals surface area contributed by atoms with E-state index in [1.807, 2.05) is 12.1 Å². The Morgan fingerprint density at radius 2 is 1.92 bits per heavy atom. The fourth-order valence-corrected chi connectivity index (χ4v) is 5.79. The van der Waals surface area contributed by atoms with Crippen LogP contribution in [0.15, 0.2) is 48.8 Å². The third-order valence-corrected chi connectivity index (χ3v) is 8.05. The SMILES string of the molecule is CCCS(=O)(=O)Nc1ccc(-c2c(C#N)c3ccc(Oc4nccnc4C#N)cc3n2CC2CC2)c(Cl)c1. The number of hydrogen-bond acceptors (Lipinski definition) is 7. The summed E-state index contributed by atoms with van der Waals surface area (Å²) in [5.41, 5.74) is 2.97. The van der Waals surface area contributed by atoms with Gasteiger partial charge in [0.05, 0.1) is 27.5 Å². The van der Waals surface area contributed by atoms with E-state index in [1.54, 1.807) is 37.3 Å². The molecule has 0 atom stereocenters. The van der Waals surface area contributed by atoms with Gasteiger partial charge in [0, 0.05) is 41.6 Å². The number of benzene rings is 2. The minimum absolute atomic E-state index is 0.00933. The Balaban J connectivity index is 1.61. The smallest absolute Gasteiger partial charge is 0.256 e. The number of halogens is 1. The fourth-order valence-electron chi connectivity index (χ4n) is 4.39. The molecule has 1 saturated carbocycles. The van der Waals surface area contributed by atoms with Gasteiger partial charge in [-0.1, -0.05) is 18.5 Å². The second-order valence-electron chi connectivity index (χ2n) is 9.11. The highest BCUT2D eigenvalue weighted by Gasteiger charge is 2.28. The molecule has 2 aromatic heterocycles. The molecule has 5 rings (SSSR count). The predicted octanol–water partition coefficient (Wildman–Crippen LogP) is 5.85. The molecule has 1 fully saturated rings. The minimum Gasteiger partial charge on any atom is -0.436 e. The molecule has 1 N–H and O–H groups in total. The fraction of sp³-hybridized carbons (Fsp3) is 0.259. The van der Waals surface area contributed by atoms with Crippen molar-refractivity contribution < 1.29 is 13.2 Å². The second-order valence-corrected chi connectivity index (χ2v) is 11.4. The third-order valence-electron chi connectivity index (χ3n) is 6.24. The van der Waals surface area contributed by atoms with Crippen molar-refractivity contribution in [1.82, 2.24) is 14.5 Å². The molecule has 2 heterocycles. The first-order valence-electron chi connectivity index (χ1n) is 12.1. The van der Waals surface area contributed by atoms with Crippen molar-refractivity contribution in [3.63, 3.8) is 0 Å². The lowest BCUT2D eigenvalue weighted by Crippen LogP contribution is -2.16. The molecule has 1 aliphatic carbocycles. The van der Waals surface area contributed by atoms with E-state index in [-0.39, 0.29) is 17.3 Å². The van der Waals surface area contributed by atoms with Crippen LogP contribution in [0, 0.1) is 28.6 Å². The van der Waals surface area contributed by atoms with E-state index in [0.717, 1.165) is 23.7 Å². The molecule has 0 radical (unpaired) electrons. The van der Waals surface area contributed by atoms with Crippen molar-refractivity contribution in [1.29, 1.82) is 10.5 Å². The van der Waals surface area contributed by atoms with Gasteiger partial charge in [0.1, 0.15) is 17.9 Å². The van der Waals surface area contributed by atoms with Crippen LogP contribution in [0.1, 0.15) is 37.4 Å². The molecular weight excluding hydrogens is 524 g/mol. The number of ether oxygens (including phenoxy) is 1. The van der Waals surface area contributed by atoms with Crippen LogP contribution in [-0.4, -0.2) is 28.7 Å². The van der Waals surface area contributed by atoms with Gasteiger partial charge in [-0.25, -0.2) is 18.4 Å². The summed E-state index contributed by atoms with van der Waals surface area (Å²) in [6.45, 7) is 2.48. The number of nitrogens with one attached hydrogen (secondary N) is 1. The van der Waals surface area contributed by atoms with Gasteiger partial charge in [0.15, 0.2) is 0 Å². The maximum Gasteiger partial charge on any atom is 0.256 e. The first-order valence-corrected chi connectivity index (χ1v) is 14.1. The number of rotatable bonds is 9. The van der Waals surface area contributed by atoms with Gasteiger partial charge < -0.3 is 9.30 Å². The van der Waals surface area contributed by atoms with Crippen LogP contribution in [-0.2, 0) is 16.6 Å². The summed E-state index contributed by atoms with van der Waals surface area (Å²) in [5.74, 6) is 1.03. The normalized spacial score (nSPS) is 13.2. The van der Waals surface area contributed by atoms with E-state index in [1.165, 1.54) is 12.4 Å². The maximum absolute atomic E-state index is 12.2. The maximum atomic E-state index is 12.2. The summed E-state index contributed by atoms with van der Waals surface area (Å²) in [6.07, 6.45) is 5.55. The van der Waals surface area contributed by atoms with E-state index in [4.69, 9.17) is 16.3 Å². The van der Waals surface area contributed by atoms with Gasteiger partial charge in [0.2, 0.25) is 15.7 Å². The summed E-state index contributed by atoms with van der Waals surface area (Å²) >= 11 is 6.69. The molecule has 0 saturated heterocycles. The zero-order valence-electron chi connectivity index (χ0n) is 20.5. The Bertz CT molecular complexity index is 1730. The highest BCUT2D eigenvalue weighted by atomic mass is 35.5. The lowest BCUT2D eigenvalue weighted by molar-refractivity contribution is 0.458. The van der Waals surface area contributed by atoms with Crippen molar-refractivity contribution >= 4 is 38.2 Å². The van der Waals surface area contributed by atoms with Crippen molar-refractivity contribution in [3.8, 4) is 35.0 Å². The average molecular weight is 547 g/mol. The molecule has 38 heavy (non-hydrogen) atoms. The Hall–Kier alpha value is -4.12. The molecule has 0 amide bonds. The summed E-state index contributed by atoms with van der Waals surface area (Å²) in [5, 5.41) is 20.6. The highest BCUT2D eigenvalue weighted by Crippen LogP contribution is 2.42. The number of anilines is 1. The number of hydrogen-bond donors (Lipinski definition) is 1. The second kappa shape index (κ2) is 10.3. The van der Waals surface area contributed by atoms with Gasteiger partial charge in [-0.2, -0.15) is 10.5 Å². The molecule has 192 valence electrons. The molecule has 0 spiro atoms. The van der Waals surface area contributed by atoms with Crippen molar-refractivity contribution in [3.05, 3.63) is 65.1 Å².